The maximum Gasteiger partial charge on any atom is 0.303 e. The third-order valence-electron chi connectivity index (χ3n) is 7.04. The van der Waals surface area contributed by atoms with Gasteiger partial charge in [-0.05, 0) is 85.3 Å². The van der Waals surface area contributed by atoms with Gasteiger partial charge in [-0.2, -0.15) is 0 Å². The molecule has 0 amide bonds. The van der Waals surface area contributed by atoms with Crippen molar-refractivity contribution in [3.63, 3.8) is 0 Å². The summed E-state index contributed by atoms with van der Waals surface area (Å²) in [6.07, 6.45) is 3.46. The number of aliphatic carboxylic acids is 1. The van der Waals surface area contributed by atoms with E-state index in [9.17, 15) is 9.90 Å². The van der Waals surface area contributed by atoms with Crippen LogP contribution >= 0.6 is 34.7 Å². The molecular weight excluding hydrogens is 519 g/mol. The summed E-state index contributed by atoms with van der Waals surface area (Å²) in [6, 6.07) is 9.22. The minimum atomic E-state index is -1.10. The van der Waals surface area contributed by atoms with Crippen molar-refractivity contribution in [2.75, 3.05) is 32.5 Å². The zero-order chi connectivity index (χ0) is 25.5. The Morgan fingerprint density at radius 1 is 1.33 bits per heavy atom. The molecule has 0 aliphatic carbocycles. The minimum Gasteiger partial charge on any atom is -0.497 e. The fourth-order valence-electron chi connectivity index (χ4n) is 5.09. The number of thiophene rings is 1. The van der Waals surface area contributed by atoms with Crippen molar-refractivity contribution in [1.82, 2.24) is 9.88 Å². The number of hydrogen-bond acceptors (Lipinski definition) is 6. The van der Waals surface area contributed by atoms with Crippen LogP contribution in [0.2, 0.25) is 5.02 Å². The predicted molar refractivity (Wildman–Crippen MR) is 146 cm³/mol. The molecule has 9 heteroatoms. The summed E-state index contributed by atoms with van der Waals surface area (Å²) >= 11 is 9.64. The summed E-state index contributed by atoms with van der Waals surface area (Å²) in [5.41, 5.74) is 1.40. The van der Waals surface area contributed by atoms with E-state index in [1.54, 1.807) is 42.5 Å². The highest BCUT2D eigenvalue weighted by Crippen LogP contribution is 2.37. The number of carbonyl (C=O) groups is 1. The topological polar surface area (TPSA) is 62.7 Å². The van der Waals surface area contributed by atoms with Gasteiger partial charge < -0.3 is 14.7 Å². The van der Waals surface area contributed by atoms with Crippen molar-refractivity contribution < 1.29 is 19.0 Å². The van der Waals surface area contributed by atoms with Gasteiger partial charge in [0.1, 0.15) is 11.9 Å². The number of carboxylic acid groups (broad SMARTS) is 1. The van der Waals surface area contributed by atoms with Crippen LogP contribution in [0.15, 0.2) is 46.1 Å². The van der Waals surface area contributed by atoms with Gasteiger partial charge in [0, 0.05) is 36.8 Å². The number of piperidine rings is 1. The molecule has 3 heterocycles. The number of halogens is 2. The van der Waals surface area contributed by atoms with E-state index in [0.717, 1.165) is 58.4 Å². The van der Waals surface area contributed by atoms with Crippen LogP contribution in [0.4, 0.5) is 4.39 Å². The van der Waals surface area contributed by atoms with Crippen LogP contribution in [0.1, 0.15) is 43.8 Å². The summed E-state index contributed by atoms with van der Waals surface area (Å²) in [6.45, 7) is 2.76. The lowest BCUT2D eigenvalue weighted by Gasteiger charge is -2.39. The molecular formula is C27H32ClFN2O3S2. The number of benzene rings is 1. The Morgan fingerprint density at radius 2 is 2.19 bits per heavy atom. The summed E-state index contributed by atoms with van der Waals surface area (Å²) in [5.74, 6) is 1.44. The molecule has 1 aromatic carbocycles. The lowest BCUT2D eigenvalue weighted by atomic mass is 9.79. The third-order valence-corrected chi connectivity index (χ3v) is 9.80. The fourth-order valence-corrected chi connectivity index (χ4v) is 7.46. The smallest absolute Gasteiger partial charge is 0.303 e. The molecule has 1 fully saturated rings. The number of ether oxygens (including phenoxy) is 1. The first kappa shape index (κ1) is 27.2. The maximum absolute atomic E-state index is 15.5. The number of alkyl halides is 1. The molecule has 36 heavy (non-hydrogen) atoms. The molecule has 0 unspecified atom stereocenters. The van der Waals surface area contributed by atoms with E-state index in [1.165, 1.54) is 0 Å². The van der Waals surface area contributed by atoms with Crippen LogP contribution in [-0.2, 0) is 4.79 Å². The van der Waals surface area contributed by atoms with E-state index in [0.29, 0.717) is 30.1 Å². The number of methoxy groups -OCH3 is 1. The summed E-state index contributed by atoms with van der Waals surface area (Å²) < 4.78 is 22.0. The predicted octanol–water partition coefficient (Wildman–Crippen LogP) is 7.34. The number of pyridine rings is 1. The first-order chi connectivity index (χ1) is 17.4. The van der Waals surface area contributed by atoms with Crippen LogP contribution < -0.4 is 4.74 Å². The second-order valence-electron chi connectivity index (χ2n) is 9.27. The van der Waals surface area contributed by atoms with Crippen LogP contribution in [0.5, 0.6) is 5.75 Å². The molecule has 1 saturated heterocycles. The van der Waals surface area contributed by atoms with Crippen LogP contribution in [-0.4, -0.2) is 53.5 Å². The molecule has 194 valence electrons. The zero-order valence-electron chi connectivity index (χ0n) is 20.4. The number of carboxylic acids is 1. The highest BCUT2D eigenvalue weighted by Gasteiger charge is 2.30. The third kappa shape index (κ3) is 7.12. The quantitative estimate of drug-likeness (QED) is 0.238. The lowest BCUT2D eigenvalue weighted by Crippen LogP contribution is -2.41. The van der Waals surface area contributed by atoms with Crippen molar-refractivity contribution in [3.8, 4) is 5.75 Å². The van der Waals surface area contributed by atoms with Gasteiger partial charge in [-0.25, -0.2) is 4.39 Å². The average Bonchev–Trinajstić information content (AvgIpc) is 3.30. The second kappa shape index (κ2) is 13.1. The number of aromatic nitrogens is 1. The monoisotopic (exact) mass is 550 g/mol. The number of likely N-dealkylation sites (tertiary alicyclic amines) is 1. The molecule has 3 aromatic rings. The summed E-state index contributed by atoms with van der Waals surface area (Å²) in [7, 11) is 1.60. The molecule has 3 atom stereocenters. The van der Waals surface area contributed by atoms with E-state index in [-0.39, 0.29) is 12.3 Å². The van der Waals surface area contributed by atoms with E-state index in [4.69, 9.17) is 16.3 Å². The second-order valence-corrected chi connectivity index (χ2v) is 12.0. The standard InChI is InChI=1S/C27H32ClFN2O3S2/c1-34-20-4-6-25-22(16-20)21(8-11-30-25)24(29)5-2-18-9-12-31(17-19(18)3-7-26(32)33)13-15-36-27-23(28)10-14-35-27/h4,6,8,10-11,14,16,18-19,24H,2-3,5,7,9,12-13,15,17H2,1H3,(H,32,33)/t18-,19-,24-/m1/s1. The Balaban J connectivity index is 1.36. The Morgan fingerprint density at radius 3 is 2.94 bits per heavy atom. The van der Waals surface area contributed by atoms with Gasteiger partial charge in [-0.15, -0.1) is 23.1 Å². The molecule has 1 aliphatic heterocycles. The SMILES string of the molecule is COc1ccc2nccc([C@H](F)CC[C@@H]3CCN(CCSc4sccc4Cl)C[C@H]3CCC(=O)O)c2c1. The van der Waals surface area contributed by atoms with E-state index in [2.05, 4.69) is 9.88 Å². The van der Waals surface area contributed by atoms with Crippen molar-refractivity contribution in [3.05, 3.63) is 52.5 Å². The van der Waals surface area contributed by atoms with Gasteiger partial charge in [0.25, 0.3) is 0 Å². The molecule has 1 aliphatic rings. The molecule has 1 N–H and O–H groups in total. The van der Waals surface area contributed by atoms with Gasteiger partial charge in [0.05, 0.1) is 21.9 Å². The Bertz CT molecular complexity index is 1160. The van der Waals surface area contributed by atoms with E-state index < -0.39 is 12.1 Å². The first-order valence-electron chi connectivity index (χ1n) is 12.3. The van der Waals surface area contributed by atoms with E-state index >= 15 is 4.39 Å². The highest BCUT2D eigenvalue weighted by molar-refractivity contribution is 8.01. The average molecular weight is 551 g/mol. The van der Waals surface area contributed by atoms with Crippen LogP contribution in [0.3, 0.4) is 0 Å². The Labute approximate surface area is 225 Å². The van der Waals surface area contributed by atoms with Crippen LogP contribution in [0.25, 0.3) is 10.9 Å². The number of nitrogens with zero attached hydrogens (tertiary/aromatic N) is 2. The Hall–Kier alpha value is -1.87. The molecule has 4 rings (SSSR count). The van der Waals surface area contributed by atoms with E-state index in [1.807, 2.05) is 29.6 Å². The van der Waals surface area contributed by atoms with Gasteiger partial charge in [0.15, 0.2) is 0 Å². The van der Waals surface area contributed by atoms with Crippen molar-refractivity contribution in [2.45, 2.75) is 42.5 Å². The van der Waals surface area contributed by atoms with Gasteiger partial charge in [-0.3, -0.25) is 9.78 Å². The summed E-state index contributed by atoms with van der Waals surface area (Å²) in [4.78, 5) is 18.1. The molecule has 5 nitrogen and oxygen atoms in total. The first-order valence-corrected chi connectivity index (χ1v) is 14.6. The Kier molecular flexibility index (Phi) is 9.87. The molecule has 0 spiro atoms. The van der Waals surface area contributed by atoms with Crippen molar-refractivity contribution in [2.24, 2.45) is 11.8 Å². The normalized spacial score (nSPS) is 19.4. The minimum absolute atomic E-state index is 0.155. The largest absolute Gasteiger partial charge is 0.497 e. The maximum atomic E-state index is 15.5. The number of thioether (sulfide) groups is 1. The molecule has 2 aromatic heterocycles. The highest BCUT2D eigenvalue weighted by atomic mass is 35.5. The zero-order valence-corrected chi connectivity index (χ0v) is 22.8. The summed E-state index contributed by atoms with van der Waals surface area (Å²) in [5, 5.41) is 12.9. The molecule has 0 radical (unpaired) electrons. The van der Waals surface area contributed by atoms with Gasteiger partial charge in [-0.1, -0.05) is 11.6 Å². The fraction of sp³-hybridized carbons (Fsp3) is 0.481. The lowest BCUT2D eigenvalue weighted by molar-refractivity contribution is -0.137. The number of hydrogen-bond donors (Lipinski definition) is 1. The van der Waals surface area contributed by atoms with Gasteiger partial charge in [0.2, 0.25) is 0 Å². The molecule has 0 saturated carbocycles. The van der Waals surface area contributed by atoms with Crippen molar-refractivity contribution in [1.29, 1.82) is 0 Å². The number of fused-ring (bicyclic) bond motifs is 1. The molecule has 0 bridgehead atoms. The van der Waals surface area contributed by atoms with Crippen molar-refractivity contribution >= 4 is 51.6 Å². The number of rotatable bonds is 12. The van der Waals surface area contributed by atoms with Gasteiger partial charge >= 0.3 is 5.97 Å². The van der Waals surface area contributed by atoms with Crippen LogP contribution in [0, 0.1) is 11.8 Å².